The van der Waals surface area contributed by atoms with Crippen LogP contribution >= 0.6 is 0 Å². The van der Waals surface area contributed by atoms with Gasteiger partial charge in [-0.2, -0.15) is 0 Å². The van der Waals surface area contributed by atoms with E-state index in [0.29, 0.717) is 17.9 Å². The minimum atomic E-state index is -3.29. The molecule has 0 fully saturated rings. The lowest BCUT2D eigenvalue weighted by Gasteiger charge is -2.36. The first-order chi connectivity index (χ1) is 9.04. The van der Waals surface area contributed by atoms with Crippen LogP contribution < -0.4 is 0 Å². The van der Waals surface area contributed by atoms with Gasteiger partial charge in [-0.15, -0.1) is 0 Å². The Kier molecular flexibility index (Phi) is 2.91. The lowest BCUT2D eigenvalue weighted by Crippen LogP contribution is -2.38. The van der Waals surface area contributed by atoms with Crippen LogP contribution in [0.2, 0.25) is 0 Å². The second-order valence-corrected chi connectivity index (χ2v) is 7.06. The lowest BCUT2D eigenvalue weighted by atomic mass is 9.87. The van der Waals surface area contributed by atoms with E-state index in [1.807, 2.05) is 6.08 Å². The highest BCUT2D eigenvalue weighted by molar-refractivity contribution is 7.91. The zero-order valence-corrected chi connectivity index (χ0v) is 11.3. The summed E-state index contributed by atoms with van der Waals surface area (Å²) in [5.41, 5.74) is -0.864. The molecule has 3 rings (SSSR count). The molecule has 4 nitrogen and oxygen atoms in total. The summed E-state index contributed by atoms with van der Waals surface area (Å²) in [5, 5.41) is 10.9. The maximum Gasteiger partial charge on any atom is 0.178 e. The third-order valence-electron chi connectivity index (χ3n) is 3.74. The molecule has 1 aromatic rings. The van der Waals surface area contributed by atoms with Gasteiger partial charge in [0.1, 0.15) is 11.4 Å². The van der Waals surface area contributed by atoms with Crippen LogP contribution in [0, 0.1) is 0 Å². The van der Waals surface area contributed by atoms with Gasteiger partial charge in [0.05, 0.1) is 17.3 Å². The first-order valence-electron chi connectivity index (χ1n) is 6.42. The molecule has 1 aromatic carbocycles. The van der Waals surface area contributed by atoms with E-state index in [4.69, 9.17) is 4.74 Å². The van der Waals surface area contributed by atoms with Gasteiger partial charge < -0.3 is 9.84 Å². The van der Waals surface area contributed by atoms with E-state index in [2.05, 4.69) is 0 Å². The second-order valence-electron chi connectivity index (χ2n) is 4.98. The molecule has 2 heterocycles. The molecule has 0 aromatic heterocycles. The number of hydrogen-bond acceptors (Lipinski definition) is 4. The largest absolute Gasteiger partial charge is 0.495 e. The van der Waals surface area contributed by atoms with Crippen molar-refractivity contribution in [2.24, 2.45) is 0 Å². The minimum absolute atomic E-state index is 0.0544. The van der Waals surface area contributed by atoms with Gasteiger partial charge in [-0.3, -0.25) is 0 Å². The highest BCUT2D eigenvalue weighted by Gasteiger charge is 2.44. The Hall–Kier alpha value is -1.33. The van der Waals surface area contributed by atoms with Crippen molar-refractivity contribution in [3.05, 3.63) is 41.7 Å². The number of rotatable bonds is 1. The second kappa shape index (κ2) is 4.35. The number of hydrogen-bond donors (Lipinski definition) is 1. The molecule has 0 amide bonds. The third kappa shape index (κ3) is 1.97. The summed E-state index contributed by atoms with van der Waals surface area (Å²) in [6, 6.07) is 6.65. The van der Waals surface area contributed by atoms with E-state index in [1.165, 1.54) is 0 Å². The molecule has 0 bridgehead atoms. The molecule has 1 N–H and O–H groups in total. The minimum Gasteiger partial charge on any atom is -0.495 e. The highest BCUT2D eigenvalue weighted by Crippen LogP contribution is 2.42. The van der Waals surface area contributed by atoms with E-state index >= 15 is 0 Å². The van der Waals surface area contributed by atoms with Crippen molar-refractivity contribution in [2.75, 3.05) is 12.4 Å². The Balaban J connectivity index is 2.17. The maximum absolute atomic E-state index is 12.1. The van der Waals surface area contributed by atoms with Crippen LogP contribution in [0.3, 0.4) is 0 Å². The fourth-order valence-electron chi connectivity index (χ4n) is 2.71. The summed E-state index contributed by atoms with van der Waals surface area (Å²) < 4.78 is 29.7. The first-order valence-corrected chi connectivity index (χ1v) is 8.07. The zero-order valence-electron chi connectivity index (χ0n) is 10.5. The molecular weight excluding hydrogens is 264 g/mol. The summed E-state index contributed by atoms with van der Waals surface area (Å²) >= 11 is 0. The SMILES string of the molecule is O=S1(=O)CCC(O)(C2=CCCCO2)c2ccccc21. The van der Waals surface area contributed by atoms with Gasteiger partial charge >= 0.3 is 0 Å². The van der Waals surface area contributed by atoms with Crippen molar-refractivity contribution in [2.45, 2.75) is 29.8 Å². The van der Waals surface area contributed by atoms with E-state index in [9.17, 15) is 13.5 Å². The quantitative estimate of drug-likeness (QED) is 0.851. The van der Waals surface area contributed by atoms with E-state index in [-0.39, 0.29) is 17.1 Å². The molecule has 0 saturated carbocycles. The highest BCUT2D eigenvalue weighted by atomic mass is 32.2. The van der Waals surface area contributed by atoms with Gasteiger partial charge in [0.25, 0.3) is 0 Å². The standard InChI is InChI=1S/C14H16O4S/c15-14(13-7-3-4-9-18-13)8-10-19(16,17)12-6-2-1-5-11(12)14/h1-2,5-7,15H,3-4,8-10H2. The van der Waals surface area contributed by atoms with Gasteiger partial charge in [-0.25, -0.2) is 8.42 Å². The molecule has 0 spiro atoms. The molecule has 0 saturated heterocycles. The Bertz CT molecular complexity index is 633. The number of sulfone groups is 1. The topological polar surface area (TPSA) is 63.6 Å². The van der Waals surface area contributed by atoms with Crippen molar-refractivity contribution in [1.29, 1.82) is 0 Å². The summed E-state index contributed by atoms with van der Waals surface area (Å²) in [7, 11) is -3.29. The van der Waals surface area contributed by atoms with Crippen molar-refractivity contribution in [3.8, 4) is 0 Å². The van der Waals surface area contributed by atoms with Crippen LogP contribution in [0.15, 0.2) is 41.0 Å². The number of allylic oxidation sites excluding steroid dienone is 1. The van der Waals surface area contributed by atoms with E-state index in [1.54, 1.807) is 24.3 Å². The van der Waals surface area contributed by atoms with Crippen LogP contribution in [0.5, 0.6) is 0 Å². The van der Waals surface area contributed by atoms with Gasteiger partial charge in [0.15, 0.2) is 9.84 Å². The Morgan fingerprint density at radius 3 is 2.79 bits per heavy atom. The number of aliphatic hydroxyl groups is 1. The molecule has 2 aliphatic heterocycles. The molecule has 1 unspecified atom stereocenters. The van der Waals surface area contributed by atoms with Crippen molar-refractivity contribution in [1.82, 2.24) is 0 Å². The average Bonchev–Trinajstić information content (AvgIpc) is 2.45. The summed E-state index contributed by atoms with van der Waals surface area (Å²) in [5.74, 6) is 0.447. The van der Waals surface area contributed by atoms with E-state index in [0.717, 1.165) is 12.8 Å². The van der Waals surface area contributed by atoms with Crippen molar-refractivity contribution < 1.29 is 18.3 Å². The number of benzene rings is 1. The fraction of sp³-hybridized carbons (Fsp3) is 0.429. The molecule has 102 valence electrons. The Labute approximate surface area is 112 Å². The van der Waals surface area contributed by atoms with Crippen LogP contribution in [-0.4, -0.2) is 25.9 Å². The van der Waals surface area contributed by atoms with Crippen LogP contribution in [0.1, 0.15) is 24.8 Å². The maximum atomic E-state index is 12.1. The summed E-state index contributed by atoms with van der Waals surface area (Å²) in [6.07, 6.45) is 3.81. The summed E-state index contributed by atoms with van der Waals surface area (Å²) in [4.78, 5) is 0.221. The smallest absolute Gasteiger partial charge is 0.178 e. The van der Waals surface area contributed by atoms with Crippen molar-refractivity contribution in [3.63, 3.8) is 0 Å². The van der Waals surface area contributed by atoms with Crippen LogP contribution in [0.25, 0.3) is 0 Å². The lowest BCUT2D eigenvalue weighted by molar-refractivity contribution is -0.00571. The monoisotopic (exact) mass is 280 g/mol. The number of ether oxygens (including phenoxy) is 1. The molecule has 0 radical (unpaired) electrons. The fourth-order valence-corrected chi connectivity index (χ4v) is 4.35. The van der Waals surface area contributed by atoms with Crippen LogP contribution in [-0.2, 0) is 20.2 Å². The van der Waals surface area contributed by atoms with Crippen molar-refractivity contribution >= 4 is 9.84 Å². The van der Waals surface area contributed by atoms with Gasteiger partial charge in [0, 0.05) is 12.0 Å². The average molecular weight is 280 g/mol. The molecule has 19 heavy (non-hydrogen) atoms. The molecule has 5 heteroatoms. The third-order valence-corrected chi connectivity index (χ3v) is 5.51. The van der Waals surface area contributed by atoms with Gasteiger partial charge in [-0.05, 0) is 25.0 Å². The zero-order chi connectivity index (χ0) is 13.5. The van der Waals surface area contributed by atoms with Gasteiger partial charge in [-0.1, -0.05) is 18.2 Å². The Morgan fingerprint density at radius 2 is 2.05 bits per heavy atom. The van der Waals surface area contributed by atoms with Crippen LogP contribution in [0.4, 0.5) is 0 Å². The normalized spacial score (nSPS) is 29.0. The predicted molar refractivity (Wildman–Crippen MR) is 70.3 cm³/mol. The number of fused-ring (bicyclic) bond motifs is 1. The Morgan fingerprint density at radius 1 is 1.26 bits per heavy atom. The first kappa shape index (κ1) is 12.7. The summed E-state index contributed by atoms with van der Waals surface area (Å²) in [6.45, 7) is 0.572. The van der Waals surface area contributed by atoms with Gasteiger partial charge in [0.2, 0.25) is 0 Å². The molecule has 2 aliphatic rings. The molecular formula is C14H16O4S. The predicted octanol–water partition coefficient (Wildman–Crippen LogP) is 1.75. The molecule has 0 aliphatic carbocycles. The molecule has 1 atom stereocenters. The van der Waals surface area contributed by atoms with E-state index < -0.39 is 15.4 Å².